The molecule has 1 aliphatic carbocycles. The number of carbonyl (C=O) groups is 1. The number of H-pyrrole nitrogens is 1. The largest absolute Gasteiger partial charge is 0.348 e. The Morgan fingerprint density at radius 3 is 2.90 bits per heavy atom. The summed E-state index contributed by atoms with van der Waals surface area (Å²) in [5, 5.41) is 13.0. The summed E-state index contributed by atoms with van der Waals surface area (Å²) in [6.07, 6.45) is 5.85. The fourth-order valence-electron chi connectivity index (χ4n) is 2.94. The van der Waals surface area contributed by atoms with E-state index in [1.165, 1.54) is 24.6 Å². The van der Waals surface area contributed by atoms with E-state index in [1.54, 1.807) is 0 Å². The molecule has 0 saturated heterocycles. The number of hydrogen-bond acceptors (Lipinski definition) is 3. The second-order valence-corrected chi connectivity index (χ2v) is 5.32. The van der Waals surface area contributed by atoms with E-state index in [4.69, 9.17) is 0 Å². The van der Waals surface area contributed by atoms with Crippen LogP contribution in [0.3, 0.4) is 0 Å². The highest BCUT2D eigenvalue weighted by molar-refractivity contribution is 5.92. The van der Waals surface area contributed by atoms with Crippen molar-refractivity contribution in [2.24, 2.45) is 5.92 Å². The van der Waals surface area contributed by atoms with Crippen molar-refractivity contribution in [3.05, 3.63) is 47.8 Å². The van der Waals surface area contributed by atoms with Crippen LogP contribution < -0.4 is 5.32 Å². The number of aromatic nitrogens is 3. The molecule has 0 unspecified atom stereocenters. The SMILES string of the molecule is O=C(N[C@H]1CCC[C@@H]1Cc1ccccc1)c1cn[nH]n1. The van der Waals surface area contributed by atoms with Crippen LogP contribution >= 0.6 is 0 Å². The minimum absolute atomic E-state index is 0.135. The highest BCUT2D eigenvalue weighted by Crippen LogP contribution is 2.29. The number of benzene rings is 1. The summed E-state index contributed by atoms with van der Waals surface area (Å²) in [6, 6.07) is 10.7. The highest BCUT2D eigenvalue weighted by atomic mass is 16.2. The molecule has 20 heavy (non-hydrogen) atoms. The first kappa shape index (κ1) is 12.8. The lowest BCUT2D eigenvalue weighted by Crippen LogP contribution is -2.38. The summed E-state index contributed by atoms with van der Waals surface area (Å²) < 4.78 is 0. The van der Waals surface area contributed by atoms with Gasteiger partial charge in [-0.25, -0.2) is 0 Å². The van der Waals surface area contributed by atoms with Crippen molar-refractivity contribution in [2.75, 3.05) is 0 Å². The second kappa shape index (κ2) is 5.86. The molecule has 5 nitrogen and oxygen atoms in total. The summed E-state index contributed by atoms with van der Waals surface area (Å²) in [5.41, 5.74) is 1.69. The average molecular weight is 270 g/mol. The van der Waals surface area contributed by atoms with Crippen LogP contribution in [0.4, 0.5) is 0 Å². The number of hydrogen-bond donors (Lipinski definition) is 2. The molecule has 0 spiro atoms. The first-order valence-corrected chi connectivity index (χ1v) is 7.03. The number of nitrogens with zero attached hydrogens (tertiary/aromatic N) is 2. The van der Waals surface area contributed by atoms with E-state index in [9.17, 15) is 4.79 Å². The molecule has 2 N–H and O–H groups in total. The maximum Gasteiger partial charge on any atom is 0.273 e. The van der Waals surface area contributed by atoms with Crippen LogP contribution in [-0.2, 0) is 6.42 Å². The predicted octanol–water partition coefficient (Wildman–Crippen LogP) is 1.95. The molecule has 1 heterocycles. The third-order valence-corrected chi connectivity index (χ3v) is 3.96. The molecule has 0 aliphatic heterocycles. The molecule has 0 radical (unpaired) electrons. The van der Waals surface area contributed by atoms with Crippen LogP contribution in [0.2, 0.25) is 0 Å². The topological polar surface area (TPSA) is 70.7 Å². The first-order valence-electron chi connectivity index (χ1n) is 7.03. The molecule has 1 aromatic carbocycles. The normalized spacial score (nSPS) is 21.8. The molecular formula is C15H18N4O. The van der Waals surface area contributed by atoms with Crippen molar-refractivity contribution in [2.45, 2.75) is 31.7 Å². The van der Waals surface area contributed by atoms with Gasteiger partial charge in [0.15, 0.2) is 5.69 Å². The number of rotatable bonds is 4. The summed E-state index contributed by atoms with van der Waals surface area (Å²) in [5.74, 6) is 0.372. The van der Waals surface area contributed by atoms with Crippen molar-refractivity contribution < 1.29 is 4.79 Å². The van der Waals surface area contributed by atoms with Gasteiger partial charge < -0.3 is 5.32 Å². The van der Waals surface area contributed by atoms with E-state index >= 15 is 0 Å². The molecule has 104 valence electrons. The summed E-state index contributed by atoms with van der Waals surface area (Å²) in [6.45, 7) is 0. The van der Waals surface area contributed by atoms with Gasteiger partial charge in [-0.2, -0.15) is 15.4 Å². The van der Waals surface area contributed by atoms with Crippen molar-refractivity contribution in [3.8, 4) is 0 Å². The Morgan fingerprint density at radius 2 is 2.15 bits per heavy atom. The standard InChI is InChI=1S/C15H18N4O/c20-15(14-10-16-19-18-14)17-13-8-4-7-12(13)9-11-5-2-1-3-6-11/h1-3,5-6,10,12-13H,4,7-9H2,(H,17,20)(H,16,18,19)/t12-,13+/m1/s1. The monoisotopic (exact) mass is 270 g/mol. The Hall–Kier alpha value is -2.17. The average Bonchev–Trinajstić information content (AvgIpc) is 3.12. The Bertz CT molecular complexity index is 553. The molecular weight excluding hydrogens is 252 g/mol. The van der Waals surface area contributed by atoms with Gasteiger partial charge >= 0.3 is 0 Å². The van der Waals surface area contributed by atoms with Crippen molar-refractivity contribution >= 4 is 5.91 Å². The first-order chi connectivity index (χ1) is 9.83. The van der Waals surface area contributed by atoms with Gasteiger partial charge in [0, 0.05) is 6.04 Å². The molecule has 1 aliphatic rings. The third-order valence-electron chi connectivity index (χ3n) is 3.96. The number of nitrogens with one attached hydrogen (secondary N) is 2. The van der Waals surface area contributed by atoms with E-state index in [-0.39, 0.29) is 11.9 Å². The van der Waals surface area contributed by atoms with E-state index in [2.05, 4.69) is 45.0 Å². The van der Waals surface area contributed by atoms with Crippen molar-refractivity contribution in [1.29, 1.82) is 0 Å². The minimum atomic E-state index is -0.135. The Kier molecular flexibility index (Phi) is 3.76. The van der Waals surface area contributed by atoms with E-state index in [0.717, 1.165) is 12.8 Å². The summed E-state index contributed by atoms with van der Waals surface area (Å²) >= 11 is 0. The summed E-state index contributed by atoms with van der Waals surface area (Å²) in [4.78, 5) is 12.0. The van der Waals surface area contributed by atoms with Gasteiger partial charge in [-0.3, -0.25) is 4.79 Å². The smallest absolute Gasteiger partial charge is 0.273 e. The molecule has 2 atom stereocenters. The minimum Gasteiger partial charge on any atom is -0.348 e. The zero-order valence-electron chi connectivity index (χ0n) is 11.2. The van der Waals surface area contributed by atoms with Crippen molar-refractivity contribution in [3.63, 3.8) is 0 Å². The van der Waals surface area contributed by atoms with E-state index < -0.39 is 0 Å². The highest BCUT2D eigenvalue weighted by Gasteiger charge is 2.29. The number of amides is 1. The quantitative estimate of drug-likeness (QED) is 0.892. The van der Waals surface area contributed by atoms with Gasteiger partial charge in [-0.1, -0.05) is 36.8 Å². The molecule has 1 saturated carbocycles. The Labute approximate surface area is 117 Å². The number of aromatic amines is 1. The van der Waals surface area contributed by atoms with E-state index in [0.29, 0.717) is 11.6 Å². The van der Waals surface area contributed by atoms with Gasteiger partial charge in [0.25, 0.3) is 5.91 Å². The zero-order valence-corrected chi connectivity index (χ0v) is 11.2. The van der Waals surface area contributed by atoms with Gasteiger partial charge in [0.05, 0.1) is 6.20 Å². The van der Waals surface area contributed by atoms with Gasteiger partial charge in [-0.15, -0.1) is 0 Å². The lowest BCUT2D eigenvalue weighted by molar-refractivity contribution is 0.0922. The lowest BCUT2D eigenvalue weighted by Gasteiger charge is -2.20. The van der Waals surface area contributed by atoms with E-state index in [1.807, 2.05) is 6.07 Å². The lowest BCUT2D eigenvalue weighted by atomic mass is 9.94. The van der Waals surface area contributed by atoms with Crippen LogP contribution in [0.15, 0.2) is 36.5 Å². The number of carbonyl (C=O) groups excluding carboxylic acids is 1. The fourth-order valence-corrected chi connectivity index (χ4v) is 2.94. The molecule has 1 aromatic heterocycles. The molecule has 3 rings (SSSR count). The second-order valence-electron chi connectivity index (χ2n) is 5.32. The maximum atomic E-state index is 12.0. The van der Waals surface area contributed by atoms with Gasteiger partial charge in [-0.05, 0) is 30.7 Å². The summed E-state index contributed by atoms with van der Waals surface area (Å²) in [7, 11) is 0. The fraction of sp³-hybridized carbons (Fsp3) is 0.400. The van der Waals surface area contributed by atoms with Gasteiger partial charge in [0.2, 0.25) is 0 Å². The third kappa shape index (κ3) is 2.87. The van der Waals surface area contributed by atoms with Crippen LogP contribution in [-0.4, -0.2) is 27.4 Å². The molecule has 1 amide bonds. The predicted molar refractivity (Wildman–Crippen MR) is 75.1 cm³/mol. The zero-order chi connectivity index (χ0) is 13.8. The van der Waals surface area contributed by atoms with Crippen LogP contribution in [0.1, 0.15) is 35.3 Å². The maximum absolute atomic E-state index is 12.0. The van der Waals surface area contributed by atoms with Crippen LogP contribution in [0.5, 0.6) is 0 Å². The Morgan fingerprint density at radius 1 is 1.30 bits per heavy atom. The Balaban J connectivity index is 1.62. The molecule has 1 fully saturated rings. The van der Waals surface area contributed by atoms with Crippen molar-refractivity contribution in [1.82, 2.24) is 20.7 Å². The van der Waals surface area contributed by atoms with Crippen LogP contribution in [0, 0.1) is 5.92 Å². The van der Waals surface area contributed by atoms with Gasteiger partial charge in [0.1, 0.15) is 0 Å². The molecule has 2 aromatic rings. The molecule has 0 bridgehead atoms. The molecule has 5 heteroatoms. The van der Waals surface area contributed by atoms with Crippen LogP contribution in [0.25, 0.3) is 0 Å².